The first-order chi connectivity index (χ1) is 13.1. The number of carbonyl (C=O) groups is 1. The first kappa shape index (κ1) is 16.8. The quantitative estimate of drug-likeness (QED) is 0.507. The molecule has 0 aliphatic heterocycles. The number of rotatable bonds is 5. The number of nitrogens with zero attached hydrogens (tertiary/aromatic N) is 5. The fraction of sp³-hybridized carbons (Fsp3) is 0.105. The Bertz CT molecular complexity index is 1120. The monoisotopic (exact) mass is 363 g/mol. The van der Waals surface area contributed by atoms with Gasteiger partial charge >= 0.3 is 0 Å². The Morgan fingerprint density at radius 2 is 2.04 bits per heavy atom. The van der Waals surface area contributed by atoms with Gasteiger partial charge in [0.05, 0.1) is 30.6 Å². The van der Waals surface area contributed by atoms with Crippen LogP contribution in [0.5, 0.6) is 11.5 Å². The maximum atomic E-state index is 13.0. The first-order valence-corrected chi connectivity index (χ1v) is 8.15. The molecule has 0 unspecified atom stereocenters. The largest absolute Gasteiger partial charge is 0.454 e. The lowest BCUT2D eigenvalue weighted by atomic mass is 10.1. The summed E-state index contributed by atoms with van der Waals surface area (Å²) in [6.45, 7) is 1.91. The normalized spacial score (nSPS) is 10.9. The molecule has 0 bridgehead atoms. The summed E-state index contributed by atoms with van der Waals surface area (Å²) in [5, 5.41) is 4.09. The molecule has 7 nitrogen and oxygen atoms in total. The van der Waals surface area contributed by atoms with Crippen molar-refractivity contribution < 1.29 is 13.9 Å². The van der Waals surface area contributed by atoms with Crippen molar-refractivity contribution in [3.8, 4) is 11.5 Å². The predicted octanol–water partition coefficient (Wildman–Crippen LogP) is 3.18. The van der Waals surface area contributed by atoms with Crippen molar-refractivity contribution in [3.63, 3.8) is 0 Å². The van der Waals surface area contributed by atoms with E-state index in [2.05, 4.69) is 20.1 Å². The average molecular weight is 363 g/mol. The molecule has 0 N–H and O–H groups in total. The molecule has 0 saturated carbocycles. The molecule has 4 aromatic heterocycles. The molecule has 0 saturated heterocycles. The summed E-state index contributed by atoms with van der Waals surface area (Å²) in [5.41, 5.74) is 2.18. The zero-order valence-corrected chi connectivity index (χ0v) is 14.3. The summed E-state index contributed by atoms with van der Waals surface area (Å²) in [6.07, 6.45) is 7.40. The van der Waals surface area contributed by atoms with Crippen LogP contribution < -0.4 is 4.74 Å². The van der Waals surface area contributed by atoms with Crippen LogP contribution in [0.2, 0.25) is 0 Å². The number of hydrogen-bond donors (Lipinski definition) is 0. The standard InChI is InChI=1S/C19H14FN5O2/c1-12-4-15(9-21-7-12)27-16-6-17(19-23-11-24-25(19)10-16)18(26)5-14-3-2-13(20)8-22-14/h2-4,6-11H,5H2,1H3. The van der Waals surface area contributed by atoms with E-state index in [9.17, 15) is 9.18 Å². The van der Waals surface area contributed by atoms with Gasteiger partial charge in [0.15, 0.2) is 11.4 Å². The Morgan fingerprint density at radius 3 is 2.81 bits per heavy atom. The minimum Gasteiger partial charge on any atom is -0.454 e. The predicted molar refractivity (Wildman–Crippen MR) is 94.3 cm³/mol. The van der Waals surface area contributed by atoms with E-state index in [4.69, 9.17) is 4.74 Å². The molecule has 0 spiro atoms. The van der Waals surface area contributed by atoms with Gasteiger partial charge in [-0.15, -0.1) is 0 Å². The van der Waals surface area contributed by atoms with Crippen LogP contribution in [0.1, 0.15) is 21.6 Å². The van der Waals surface area contributed by atoms with Crippen LogP contribution in [0, 0.1) is 12.7 Å². The highest BCUT2D eigenvalue weighted by Crippen LogP contribution is 2.24. The van der Waals surface area contributed by atoms with Gasteiger partial charge in [-0.05, 0) is 36.8 Å². The van der Waals surface area contributed by atoms with Crippen molar-refractivity contribution in [3.05, 3.63) is 78.0 Å². The van der Waals surface area contributed by atoms with E-state index in [1.807, 2.05) is 13.0 Å². The lowest BCUT2D eigenvalue weighted by Crippen LogP contribution is -2.08. The van der Waals surface area contributed by atoms with Gasteiger partial charge < -0.3 is 4.74 Å². The number of pyridine rings is 3. The minimum atomic E-state index is -0.451. The molecule has 0 aromatic carbocycles. The van der Waals surface area contributed by atoms with Gasteiger partial charge in [-0.3, -0.25) is 14.8 Å². The highest BCUT2D eigenvalue weighted by Gasteiger charge is 2.16. The summed E-state index contributed by atoms with van der Waals surface area (Å²) < 4.78 is 20.3. The Kier molecular flexibility index (Phi) is 4.29. The molecule has 134 valence electrons. The summed E-state index contributed by atoms with van der Waals surface area (Å²) >= 11 is 0. The number of ether oxygens (including phenoxy) is 1. The molecule has 0 aliphatic rings. The van der Waals surface area contributed by atoms with Gasteiger partial charge in [0.2, 0.25) is 0 Å². The smallest absolute Gasteiger partial charge is 0.172 e. The molecule has 8 heteroatoms. The van der Waals surface area contributed by atoms with E-state index >= 15 is 0 Å². The molecule has 4 aromatic rings. The van der Waals surface area contributed by atoms with Crippen molar-refractivity contribution in [1.29, 1.82) is 0 Å². The summed E-state index contributed by atoms with van der Waals surface area (Å²) in [6, 6.07) is 6.19. The van der Waals surface area contributed by atoms with Crippen LogP contribution in [-0.2, 0) is 6.42 Å². The third kappa shape index (κ3) is 3.64. The molecule has 0 atom stereocenters. The molecule has 0 aliphatic carbocycles. The Hall–Kier alpha value is -3.68. The van der Waals surface area contributed by atoms with Crippen molar-refractivity contribution in [2.75, 3.05) is 0 Å². The van der Waals surface area contributed by atoms with E-state index < -0.39 is 5.82 Å². The summed E-state index contributed by atoms with van der Waals surface area (Å²) in [5.74, 6) is 0.303. The third-order valence-electron chi connectivity index (χ3n) is 3.87. The van der Waals surface area contributed by atoms with Crippen LogP contribution in [0.25, 0.3) is 5.65 Å². The molecular weight excluding hydrogens is 349 g/mol. The Balaban J connectivity index is 1.67. The van der Waals surface area contributed by atoms with E-state index in [1.54, 1.807) is 24.7 Å². The number of aromatic nitrogens is 5. The topological polar surface area (TPSA) is 82.3 Å². The molecule has 0 fully saturated rings. The number of ketones is 1. The molecule has 4 heterocycles. The van der Waals surface area contributed by atoms with Gasteiger partial charge in [0, 0.05) is 11.9 Å². The van der Waals surface area contributed by atoms with Gasteiger partial charge in [0.25, 0.3) is 0 Å². The number of aryl methyl sites for hydroxylation is 1. The summed E-state index contributed by atoms with van der Waals surface area (Å²) in [4.78, 5) is 24.9. The highest BCUT2D eigenvalue weighted by atomic mass is 19.1. The van der Waals surface area contributed by atoms with E-state index in [0.717, 1.165) is 11.8 Å². The number of fused-ring (bicyclic) bond motifs is 1. The van der Waals surface area contributed by atoms with E-state index in [0.29, 0.717) is 28.4 Å². The fourth-order valence-electron chi connectivity index (χ4n) is 2.65. The van der Waals surface area contributed by atoms with Crippen molar-refractivity contribution in [2.24, 2.45) is 0 Å². The van der Waals surface area contributed by atoms with E-state index in [1.165, 1.54) is 23.0 Å². The van der Waals surface area contributed by atoms with Crippen LogP contribution in [0.4, 0.5) is 4.39 Å². The van der Waals surface area contributed by atoms with Gasteiger partial charge in [-0.2, -0.15) is 5.10 Å². The SMILES string of the molecule is Cc1cncc(Oc2cc(C(=O)Cc3ccc(F)cn3)c3ncnn3c2)c1. The number of carbonyl (C=O) groups excluding carboxylic acids is 1. The Morgan fingerprint density at radius 1 is 1.15 bits per heavy atom. The van der Waals surface area contributed by atoms with Crippen molar-refractivity contribution >= 4 is 11.4 Å². The maximum absolute atomic E-state index is 13.0. The number of hydrogen-bond acceptors (Lipinski definition) is 6. The lowest BCUT2D eigenvalue weighted by Gasteiger charge is -2.09. The lowest BCUT2D eigenvalue weighted by molar-refractivity contribution is 0.0992. The van der Waals surface area contributed by atoms with Gasteiger partial charge in [0.1, 0.15) is 23.6 Å². The molecule has 0 amide bonds. The van der Waals surface area contributed by atoms with Crippen molar-refractivity contribution in [2.45, 2.75) is 13.3 Å². The molecule has 0 radical (unpaired) electrons. The van der Waals surface area contributed by atoms with Gasteiger partial charge in [-0.1, -0.05) is 0 Å². The van der Waals surface area contributed by atoms with E-state index in [-0.39, 0.29) is 12.2 Å². The van der Waals surface area contributed by atoms with Crippen LogP contribution >= 0.6 is 0 Å². The first-order valence-electron chi connectivity index (χ1n) is 8.15. The fourth-order valence-corrected chi connectivity index (χ4v) is 2.65. The third-order valence-corrected chi connectivity index (χ3v) is 3.87. The number of Topliss-reactive ketones (excluding diaryl/α,β-unsaturated/α-hetero) is 1. The zero-order chi connectivity index (χ0) is 18.8. The average Bonchev–Trinajstić information content (AvgIpc) is 3.11. The van der Waals surface area contributed by atoms with Gasteiger partial charge in [-0.25, -0.2) is 13.9 Å². The zero-order valence-electron chi connectivity index (χ0n) is 14.3. The van der Waals surface area contributed by atoms with Crippen LogP contribution in [0.3, 0.4) is 0 Å². The summed E-state index contributed by atoms with van der Waals surface area (Å²) in [7, 11) is 0. The Labute approximate surface area is 153 Å². The minimum absolute atomic E-state index is 0.0122. The molecular formula is C19H14FN5O2. The second-order valence-electron chi connectivity index (χ2n) is 5.99. The number of halogens is 1. The molecule has 27 heavy (non-hydrogen) atoms. The van der Waals surface area contributed by atoms with Crippen LogP contribution in [-0.4, -0.2) is 30.3 Å². The second kappa shape index (κ2) is 6.91. The second-order valence-corrected chi connectivity index (χ2v) is 5.99. The van der Waals surface area contributed by atoms with Crippen molar-refractivity contribution in [1.82, 2.24) is 24.6 Å². The highest BCUT2D eigenvalue weighted by molar-refractivity contribution is 6.02. The molecule has 4 rings (SSSR count). The van der Waals surface area contributed by atoms with Crippen LogP contribution in [0.15, 0.2) is 55.4 Å². The maximum Gasteiger partial charge on any atom is 0.172 e.